The average molecular weight is 237 g/mol. The molecule has 2 heterocycles. The van der Waals surface area contributed by atoms with E-state index in [4.69, 9.17) is 11.6 Å². The normalized spacial score (nSPS) is 11.1. The van der Waals surface area contributed by atoms with Crippen molar-refractivity contribution in [2.75, 3.05) is 0 Å². The number of hydrogen-bond donors (Lipinski definition) is 0. The van der Waals surface area contributed by atoms with Crippen LogP contribution in [0.5, 0.6) is 0 Å². The van der Waals surface area contributed by atoms with Crippen LogP contribution in [0.2, 0.25) is 5.15 Å². The third-order valence-electron chi connectivity index (χ3n) is 1.78. The molecule has 0 atom stereocenters. The zero-order valence-corrected chi connectivity index (χ0v) is 9.72. The first-order chi connectivity index (χ1) is 7.24. The fourth-order valence-electron chi connectivity index (χ4n) is 1.17. The molecule has 76 valence electrons. The molecule has 15 heavy (non-hydrogen) atoms. The highest BCUT2D eigenvalue weighted by Gasteiger charge is 1.96. The van der Waals surface area contributed by atoms with Gasteiger partial charge in [-0.1, -0.05) is 17.7 Å². The van der Waals surface area contributed by atoms with Crippen LogP contribution in [0.4, 0.5) is 0 Å². The van der Waals surface area contributed by atoms with Crippen LogP contribution in [0, 0.1) is 6.92 Å². The number of thiophene rings is 1. The zero-order valence-electron chi connectivity index (χ0n) is 8.14. The summed E-state index contributed by atoms with van der Waals surface area (Å²) >= 11 is 7.50. The van der Waals surface area contributed by atoms with Crippen molar-refractivity contribution < 1.29 is 0 Å². The second-order valence-corrected chi connectivity index (χ2v) is 4.41. The van der Waals surface area contributed by atoms with Gasteiger partial charge in [-0.25, -0.2) is 9.97 Å². The Bertz CT molecular complexity index is 457. The van der Waals surface area contributed by atoms with Crippen LogP contribution in [0.15, 0.2) is 23.6 Å². The molecule has 0 saturated carbocycles. The highest BCUT2D eigenvalue weighted by atomic mass is 35.5. The van der Waals surface area contributed by atoms with Gasteiger partial charge in [0.2, 0.25) is 0 Å². The molecule has 0 spiro atoms. The summed E-state index contributed by atoms with van der Waals surface area (Å²) in [4.78, 5) is 9.54. The molecule has 2 aromatic rings. The van der Waals surface area contributed by atoms with Gasteiger partial charge in [0.15, 0.2) is 5.82 Å². The summed E-state index contributed by atoms with van der Waals surface area (Å²) < 4.78 is 0. The molecule has 0 radical (unpaired) electrons. The monoisotopic (exact) mass is 236 g/mol. The number of rotatable bonds is 2. The Hall–Kier alpha value is -1.19. The second kappa shape index (κ2) is 4.55. The highest BCUT2D eigenvalue weighted by molar-refractivity contribution is 7.10. The molecule has 0 aliphatic heterocycles. The molecular formula is C11H9ClN2S. The molecule has 0 amide bonds. The maximum atomic E-state index is 5.83. The minimum Gasteiger partial charge on any atom is -0.234 e. The van der Waals surface area contributed by atoms with Gasteiger partial charge >= 0.3 is 0 Å². The van der Waals surface area contributed by atoms with Crippen LogP contribution in [-0.4, -0.2) is 9.97 Å². The van der Waals surface area contributed by atoms with Crippen LogP contribution in [-0.2, 0) is 0 Å². The van der Waals surface area contributed by atoms with Crippen molar-refractivity contribution in [3.63, 3.8) is 0 Å². The number of aryl methyl sites for hydroxylation is 1. The Morgan fingerprint density at radius 3 is 2.87 bits per heavy atom. The summed E-state index contributed by atoms with van der Waals surface area (Å²) in [6.07, 6.45) is 3.85. The average Bonchev–Trinajstić information content (AvgIpc) is 2.65. The van der Waals surface area contributed by atoms with E-state index in [2.05, 4.69) is 9.97 Å². The zero-order chi connectivity index (χ0) is 10.7. The van der Waals surface area contributed by atoms with Gasteiger partial charge in [0.05, 0.1) is 0 Å². The Morgan fingerprint density at radius 2 is 2.20 bits per heavy atom. The largest absolute Gasteiger partial charge is 0.234 e. The van der Waals surface area contributed by atoms with Gasteiger partial charge in [0, 0.05) is 10.6 Å². The highest BCUT2D eigenvalue weighted by Crippen LogP contribution is 2.13. The fourth-order valence-corrected chi connectivity index (χ4v) is 2.03. The summed E-state index contributed by atoms with van der Waals surface area (Å²) in [6, 6.07) is 5.79. The van der Waals surface area contributed by atoms with Crippen molar-refractivity contribution >= 4 is 35.1 Å². The molecule has 4 heteroatoms. The molecule has 2 rings (SSSR count). The lowest BCUT2D eigenvalue weighted by molar-refractivity contribution is 1.08. The van der Waals surface area contributed by atoms with Crippen LogP contribution < -0.4 is 0 Å². The van der Waals surface area contributed by atoms with Crippen molar-refractivity contribution in [1.82, 2.24) is 9.97 Å². The van der Waals surface area contributed by atoms with Crippen LogP contribution in [0.25, 0.3) is 12.2 Å². The fraction of sp³-hybridized carbons (Fsp3) is 0.0909. The predicted molar refractivity (Wildman–Crippen MR) is 65.0 cm³/mol. The lowest BCUT2D eigenvalue weighted by atomic mass is 10.4. The molecule has 0 fully saturated rings. The third kappa shape index (κ3) is 2.88. The smallest absolute Gasteiger partial charge is 0.153 e. The van der Waals surface area contributed by atoms with Gasteiger partial charge in [-0.15, -0.1) is 11.3 Å². The number of nitrogens with zero attached hydrogens (tertiary/aromatic N) is 2. The van der Waals surface area contributed by atoms with E-state index in [9.17, 15) is 0 Å². The van der Waals surface area contributed by atoms with Crippen LogP contribution in [0.3, 0.4) is 0 Å². The van der Waals surface area contributed by atoms with E-state index in [1.54, 1.807) is 17.4 Å². The first-order valence-electron chi connectivity index (χ1n) is 4.47. The standard InChI is InChI=1S/C11H9ClN2S/c1-8-7-10(12)14-11(13-8)5-4-9-3-2-6-15-9/h2-7H,1H3/b5-4+. The number of halogens is 1. The van der Waals surface area contributed by atoms with Gasteiger partial charge in [0.25, 0.3) is 0 Å². The minimum absolute atomic E-state index is 0.480. The molecule has 0 N–H and O–H groups in total. The van der Waals surface area contributed by atoms with Crippen molar-refractivity contribution in [2.24, 2.45) is 0 Å². The molecule has 0 unspecified atom stereocenters. The lowest BCUT2D eigenvalue weighted by Crippen LogP contribution is -1.90. The van der Waals surface area contributed by atoms with Crippen molar-refractivity contribution in [2.45, 2.75) is 6.92 Å². The first-order valence-corrected chi connectivity index (χ1v) is 5.72. The quantitative estimate of drug-likeness (QED) is 0.744. The van der Waals surface area contributed by atoms with E-state index >= 15 is 0 Å². The SMILES string of the molecule is Cc1cc(Cl)nc(/C=C/c2cccs2)n1. The molecule has 0 saturated heterocycles. The van der Waals surface area contributed by atoms with Crippen molar-refractivity contribution in [3.8, 4) is 0 Å². The predicted octanol–water partition coefficient (Wildman–Crippen LogP) is 3.67. The molecule has 2 nitrogen and oxygen atoms in total. The molecule has 0 aliphatic carbocycles. The summed E-state index contributed by atoms with van der Waals surface area (Å²) in [7, 11) is 0. The Balaban J connectivity index is 2.24. The first kappa shape index (κ1) is 10.3. The lowest BCUT2D eigenvalue weighted by Gasteiger charge is -1.95. The van der Waals surface area contributed by atoms with Gasteiger partial charge in [-0.05, 0) is 36.6 Å². The van der Waals surface area contributed by atoms with Crippen LogP contribution >= 0.6 is 22.9 Å². The van der Waals surface area contributed by atoms with Crippen molar-refractivity contribution in [3.05, 3.63) is 45.1 Å². The summed E-state index contributed by atoms with van der Waals surface area (Å²) in [6.45, 7) is 1.90. The number of hydrogen-bond acceptors (Lipinski definition) is 3. The van der Waals surface area contributed by atoms with E-state index < -0.39 is 0 Å². The molecular weight excluding hydrogens is 228 g/mol. The number of aromatic nitrogens is 2. The topological polar surface area (TPSA) is 25.8 Å². The Labute approximate surface area is 97.3 Å². The van der Waals surface area contributed by atoms with E-state index in [-0.39, 0.29) is 0 Å². The van der Waals surface area contributed by atoms with Gasteiger partial charge in [-0.3, -0.25) is 0 Å². The summed E-state index contributed by atoms with van der Waals surface area (Å²) in [5.74, 6) is 0.647. The Morgan fingerprint density at radius 1 is 1.33 bits per heavy atom. The molecule has 2 aromatic heterocycles. The molecule has 0 aromatic carbocycles. The minimum atomic E-state index is 0.480. The second-order valence-electron chi connectivity index (χ2n) is 3.04. The Kier molecular flexibility index (Phi) is 3.14. The molecule has 0 aliphatic rings. The van der Waals surface area contributed by atoms with E-state index in [0.29, 0.717) is 11.0 Å². The molecule has 0 bridgehead atoms. The summed E-state index contributed by atoms with van der Waals surface area (Å²) in [5.41, 5.74) is 0.876. The van der Waals surface area contributed by atoms with Gasteiger partial charge in [0.1, 0.15) is 5.15 Å². The maximum Gasteiger partial charge on any atom is 0.153 e. The van der Waals surface area contributed by atoms with Crippen molar-refractivity contribution in [1.29, 1.82) is 0 Å². The van der Waals surface area contributed by atoms with E-state index in [1.807, 2.05) is 36.6 Å². The summed E-state index contributed by atoms with van der Waals surface area (Å²) in [5, 5.41) is 2.51. The van der Waals surface area contributed by atoms with Gasteiger partial charge < -0.3 is 0 Å². The van der Waals surface area contributed by atoms with Gasteiger partial charge in [-0.2, -0.15) is 0 Å². The maximum absolute atomic E-state index is 5.83. The van der Waals surface area contributed by atoms with E-state index in [1.165, 1.54) is 4.88 Å². The third-order valence-corrected chi connectivity index (χ3v) is 2.81. The van der Waals surface area contributed by atoms with Crippen LogP contribution in [0.1, 0.15) is 16.4 Å². The van der Waals surface area contributed by atoms with E-state index in [0.717, 1.165) is 5.69 Å².